The summed E-state index contributed by atoms with van der Waals surface area (Å²) >= 11 is 1.62. The molecule has 4 aromatic rings. The van der Waals surface area contributed by atoms with E-state index in [1.165, 1.54) is 0 Å². The largest absolute Gasteiger partial charge is 0.487 e. The Morgan fingerprint density at radius 1 is 1.04 bits per heavy atom. The van der Waals surface area contributed by atoms with Crippen molar-refractivity contribution in [3.8, 4) is 22.0 Å². The molecular weight excluding hydrogens is 322 g/mol. The Labute approximate surface area is 142 Å². The van der Waals surface area contributed by atoms with E-state index in [0.717, 1.165) is 27.7 Å². The van der Waals surface area contributed by atoms with Crippen LogP contribution in [0.25, 0.3) is 16.3 Å². The first-order chi connectivity index (χ1) is 11.9. The lowest BCUT2D eigenvalue weighted by molar-refractivity contribution is 0.302. The van der Waals surface area contributed by atoms with Gasteiger partial charge in [-0.2, -0.15) is 0 Å². The van der Waals surface area contributed by atoms with Crippen LogP contribution < -0.4 is 4.74 Å². The van der Waals surface area contributed by atoms with Crippen molar-refractivity contribution in [2.45, 2.75) is 6.61 Å². The summed E-state index contributed by atoms with van der Waals surface area (Å²) in [6.07, 6.45) is 1.55. The fourth-order valence-electron chi connectivity index (χ4n) is 2.24. The van der Waals surface area contributed by atoms with Gasteiger partial charge in [0.15, 0.2) is 0 Å². The number of ether oxygens (including phenoxy) is 1. The third-order valence-electron chi connectivity index (χ3n) is 3.39. The molecule has 2 aromatic heterocycles. The van der Waals surface area contributed by atoms with Crippen molar-refractivity contribution >= 4 is 11.3 Å². The average molecular weight is 335 g/mol. The Balaban J connectivity index is 1.46. The van der Waals surface area contributed by atoms with E-state index < -0.39 is 0 Å². The molecule has 6 nitrogen and oxygen atoms in total. The minimum atomic E-state index is 0.419. The summed E-state index contributed by atoms with van der Waals surface area (Å²) in [5.41, 5.74) is 2.88. The van der Waals surface area contributed by atoms with Gasteiger partial charge in [0.25, 0.3) is 0 Å². The minimum Gasteiger partial charge on any atom is -0.487 e. The Morgan fingerprint density at radius 2 is 1.96 bits per heavy atom. The van der Waals surface area contributed by atoms with E-state index in [2.05, 4.69) is 32.6 Å². The second-order valence-electron chi connectivity index (χ2n) is 5.05. The van der Waals surface area contributed by atoms with Crippen LogP contribution in [0, 0.1) is 0 Å². The van der Waals surface area contributed by atoms with E-state index in [9.17, 15) is 0 Å². The molecule has 0 N–H and O–H groups in total. The Bertz CT molecular complexity index is 921. The van der Waals surface area contributed by atoms with Gasteiger partial charge in [-0.15, -0.1) is 16.4 Å². The maximum atomic E-state index is 5.84. The molecule has 118 valence electrons. The van der Waals surface area contributed by atoms with Crippen LogP contribution in [0.5, 0.6) is 5.75 Å². The van der Waals surface area contributed by atoms with E-state index in [0.29, 0.717) is 6.61 Å². The molecule has 0 aliphatic rings. The number of tetrazole rings is 1. The number of benzene rings is 2. The average Bonchev–Trinajstić information content (AvgIpc) is 3.33. The van der Waals surface area contributed by atoms with Crippen LogP contribution >= 0.6 is 11.3 Å². The fourth-order valence-corrected chi connectivity index (χ4v) is 3.05. The lowest BCUT2D eigenvalue weighted by Gasteiger charge is -2.06. The summed E-state index contributed by atoms with van der Waals surface area (Å²) in [5, 5.41) is 14.2. The molecule has 0 bridgehead atoms. The van der Waals surface area contributed by atoms with Crippen molar-refractivity contribution in [2.75, 3.05) is 0 Å². The quantitative estimate of drug-likeness (QED) is 0.559. The molecule has 0 spiro atoms. The molecule has 0 atom stereocenters. The molecule has 0 amide bonds. The zero-order valence-electron chi connectivity index (χ0n) is 12.6. The number of hydrogen-bond donors (Lipinski definition) is 0. The standard InChI is InChI=1S/C17H13N5OS/c1-2-5-13(6-3-1)17-19-14(11-24-17)10-23-16-8-4-7-15(9-16)22-12-18-20-21-22/h1-9,11-12H,10H2. The first-order valence-electron chi connectivity index (χ1n) is 7.34. The van der Waals surface area contributed by atoms with Gasteiger partial charge in [-0.25, -0.2) is 9.67 Å². The highest BCUT2D eigenvalue weighted by Crippen LogP contribution is 2.24. The zero-order valence-corrected chi connectivity index (χ0v) is 13.4. The predicted molar refractivity (Wildman–Crippen MR) is 91.0 cm³/mol. The summed E-state index contributed by atoms with van der Waals surface area (Å²) < 4.78 is 7.43. The molecule has 0 radical (unpaired) electrons. The smallest absolute Gasteiger partial charge is 0.143 e. The number of nitrogens with zero attached hydrogens (tertiary/aromatic N) is 5. The van der Waals surface area contributed by atoms with Crippen molar-refractivity contribution in [2.24, 2.45) is 0 Å². The highest BCUT2D eigenvalue weighted by atomic mass is 32.1. The molecule has 0 unspecified atom stereocenters. The SMILES string of the molecule is c1ccc(-c2nc(COc3cccc(-n4cnnn4)c3)cs2)cc1. The topological polar surface area (TPSA) is 65.7 Å². The van der Waals surface area contributed by atoms with Crippen LogP contribution in [-0.4, -0.2) is 25.2 Å². The number of aromatic nitrogens is 5. The molecule has 7 heteroatoms. The molecular formula is C17H13N5OS. The summed E-state index contributed by atoms with van der Waals surface area (Å²) in [7, 11) is 0. The van der Waals surface area contributed by atoms with Crippen molar-refractivity contribution in [1.29, 1.82) is 0 Å². The lowest BCUT2D eigenvalue weighted by Crippen LogP contribution is -1.98. The lowest BCUT2D eigenvalue weighted by atomic mass is 10.2. The molecule has 24 heavy (non-hydrogen) atoms. The second-order valence-corrected chi connectivity index (χ2v) is 5.91. The third-order valence-corrected chi connectivity index (χ3v) is 4.33. The molecule has 0 aliphatic carbocycles. The summed E-state index contributed by atoms with van der Waals surface area (Å²) in [6, 6.07) is 17.7. The van der Waals surface area contributed by atoms with Crippen LogP contribution in [0.1, 0.15) is 5.69 Å². The van der Waals surface area contributed by atoms with Gasteiger partial charge in [0.2, 0.25) is 0 Å². The van der Waals surface area contributed by atoms with Crippen molar-refractivity contribution in [3.05, 3.63) is 72.0 Å². The molecule has 2 heterocycles. The Hall–Kier alpha value is -3.06. The molecule has 4 rings (SSSR count). The van der Waals surface area contributed by atoms with E-state index in [1.54, 1.807) is 22.3 Å². The Kier molecular flexibility index (Phi) is 3.99. The molecule has 0 fully saturated rings. The molecule has 0 aliphatic heterocycles. The van der Waals surface area contributed by atoms with E-state index in [1.807, 2.05) is 47.8 Å². The third kappa shape index (κ3) is 3.16. The second kappa shape index (κ2) is 6.59. The van der Waals surface area contributed by atoms with Crippen molar-refractivity contribution < 1.29 is 4.74 Å². The van der Waals surface area contributed by atoms with Crippen LogP contribution in [0.4, 0.5) is 0 Å². The van der Waals surface area contributed by atoms with Gasteiger partial charge < -0.3 is 4.74 Å². The molecule has 2 aromatic carbocycles. The summed E-state index contributed by atoms with van der Waals surface area (Å²) in [6.45, 7) is 0.419. The highest BCUT2D eigenvalue weighted by Gasteiger charge is 2.06. The predicted octanol–water partition coefficient (Wildman–Crippen LogP) is 3.36. The van der Waals surface area contributed by atoms with Gasteiger partial charge >= 0.3 is 0 Å². The highest BCUT2D eigenvalue weighted by molar-refractivity contribution is 7.13. The minimum absolute atomic E-state index is 0.419. The maximum absolute atomic E-state index is 5.84. The first kappa shape index (κ1) is 14.5. The maximum Gasteiger partial charge on any atom is 0.143 e. The van der Waals surface area contributed by atoms with Gasteiger partial charge in [0, 0.05) is 17.0 Å². The van der Waals surface area contributed by atoms with Crippen molar-refractivity contribution in [1.82, 2.24) is 25.2 Å². The van der Waals surface area contributed by atoms with Gasteiger partial charge in [0.1, 0.15) is 23.7 Å². The first-order valence-corrected chi connectivity index (χ1v) is 8.22. The van der Waals surface area contributed by atoms with E-state index >= 15 is 0 Å². The van der Waals surface area contributed by atoms with Gasteiger partial charge in [-0.05, 0) is 22.6 Å². The zero-order chi connectivity index (χ0) is 16.2. The monoisotopic (exact) mass is 335 g/mol. The van der Waals surface area contributed by atoms with Gasteiger partial charge in [0.05, 0.1) is 11.4 Å². The van der Waals surface area contributed by atoms with Crippen LogP contribution in [-0.2, 0) is 6.61 Å². The van der Waals surface area contributed by atoms with E-state index in [4.69, 9.17) is 4.74 Å². The summed E-state index contributed by atoms with van der Waals surface area (Å²) in [5.74, 6) is 0.747. The van der Waals surface area contributed by atoms with Gasteiger partial charge in [-0.1, -0.05) is 36.4 Å². The van der Waals surface area contributed by atoms with Crippen LogP contribution in [0.2, 0.25) is 0 Å². The number of thiazole rings is 1. The summed E-state index contributed by atoms with van der Waals surface area (Å²) in [4.78, 5) is 4.62. The van der Waals surface area contributed by atoms with Crippen molar-refractivity contribution in [3.63, 3.8) is 0 Å². The molecule has 0 saturated heterocycles. The van der Waals surface area contributed by atoms with Crippen LogP contribution in [0.3, 0.4) is 0 Å². The van der Waals surface area contributed by atoms with Crippen LogP contribution in [0.15, 0.2) is 66.3 Å². The fraction of sp³-hybridized carbons (Fsp3) is 0.0588. The molecule has 0 saturated carbocycles. The van der Waals surface area contributed by atoms with E-state index in [-0.39, 0.29) is 0 Å². The normalized spacial score (nSPS) is 10.7. The number of rotatable bonds is 5. The number of hydrogen-bond acceptors (Lipinski definition) is 6. The van der Waals surface area contributed by atoms with Gasteiger partial charge in [-0.3, -0.25) is 0 Å². The Morgan fingerprint density at radius 3 is 2.79 bits per heavy atom.